The molecule has 106 valence electrons. The molecule has 0 atom stereocenters. The highest BCUT2D eigenvalue weighted by molar-refractivity contribution is 5.94. The van der Waals surface area contributed by atoms with E-state index in [1.54, 1.807) is 6.20 Å². The number of hydrogen-bond acceptors (Lipinski definition) is 3. The zero-order chi connectivity index (χ0) is 14.4. The molecular weight excluding hydrogens is 252 g/mol. The van der Waals surface area contributed by atoms with Crippen molar-refractivity contribution in [2.24, 2.45) is 7.05 Å². The Morgan fingerprint density at radius 3 is 2.65 bits per heavy atom. The summed E-state index contributed by atoms with van der Waals surface area (Å²) in [6, 6.07) is 7.56. The van der Waals surface area contributed by atoms with Gasteiger partial charge in [0.2, 0.25) is 0 Å². The van der Waals surface area contributed by atoms with Crippen LogP contribution in [-0.2, 0) is 13.6 Å². The minimum atomic E-state index is -0.0382. The molecule has 2 N–H and O–H groups in total. The molecule has 0 fully saturated rings. The second-order valence-corrected chi connectivity index (χ2v) is 4.75. The molecule has 0 saturated carbocycles. The lowest BCUT2D eigenvalue weighted by atomic mass is 10.1. The van der Waals surface area contributed by atoms with Crippen LogP contribution in [0.15, 0.2) is 36.7 Å². The molecule has 5 nitrogen and oxygen atoms in total. The average Bonchev–Trinajstić information content (AvgIpc) is 2.84. The second-order valence-electron chi connectivity index (χ2n) is 4.75. The molecule has 0 saturated heterocycles. The maximum atomic E-state index is 11.8. The van der Waals surface area contributed by atoms with Crippen LogP contribution < -0.4 is 10.6 Å². The van der Waals surface area contributed by atoms with Crippen LogP contribution in [-0.4, -0.2) is 28.5 Å². The standard InChI is InChI=1S/C15H20N4O/c1-12-3-5-13(6-4-12)15(20)18-8-7-16-11-14-17-9-10-19(14)2/h3-6,9-10,16H,7-8,11H2,1-2H3,(H,18,20). The van der Waals surface area contributed by atoms with Crippen LogP contribution in [0.3, 0.4) is 0 Å². The van der Waals surface area contributed by atoms with Gasteiger partial charge in [-0.1, -0.05) is 17.7 Å². The largest absolute Gasteiger partial charge is 0.351 e. The summed E-state index contributed by atoms with van der Waals surface area (Å²) in [5.41, 5.74) is 1.85. The van der Waals surface area contributed by atoms with Gasteiger partial charge in [0.15, 0.2) is 0 Å². The number of benzene rings is 1. The van der Waals surface area contributed by atoms with E-state index in [2.05, 4.69) is 15.6 Å². The lowest BCUT2D eigenvalue weighted by Gasteiger charge is -2.07. The number of amides is 1. The smallest absolute Gasteiger partial charge is 0.251 e. The van der Waals surface area contributed by atoms with Crippen LogP contribution in [0.25, 0.3) is 0 Å². The lowest BCUT2D eigenvalue weighted by Crippen LogP contribution is -2.32. The van der Waals surface area contributed by atoms with Crippen molar-refractivity contribution in [3.63, 3.8) is 0 Å². The number of aromatic nitrogens is 2. The van der Waals surface area contributed by atoms with Gasteiger partial charge in [-0.2, -0.15) is 0 Å². The van der Waals surface area contributed by atoms with Gasteiger partial charge in [-0.25, -0.2) is 4.98 Å². The van der Waals surface area contributed by atoms with Crippen molar-refractivity contribution in [2.45, 2.75) is 13.5 Å². The number of aryl methyl sites for hydroxylation is 2. The fourth-order valence-electron chi connectivity index (χ4n) is 1.84. The molecule has 0 aliphatic heterocycles. The first kappa shape index (κ1) is 14.3. The number of hydrogen-bond donors (Lipinski definition) is 2. The molecule has 1 aromatic carbocycles. The Bertz CT molecular complexity index is 560. The van der Waals surface area contributed by atoms with Crippen LogP contribution in [0.2, 0.25) is 0 Å². The maximum Gasteiger partial charge on any atom is 0.251 e. The number of nitrogens with one attached hydrogen (secondary N) is 2. The highest BCUT2D eigenvalue weighted by atomic mass is 16.1. The van der Waals surface area contributed by atoms with Gasteiger partial charge in [0.1, 0.15) is 5.82 Å². The molecule has 0 aliphatic carbocycles. The molecule has 0 bridgehead atoms. The van der Waals surface area contributed by atoms with E-state index >= 15 is 0 Å². The summed E-state index contributed by atoms with van der Waals surface area (Å²) in [5.74, 6) is 0.943. The van der Waals surface area contributed by atoms with E-state index in [0.717, 1.165) is 11.4 Å². The fraction of sp³-hybridized carbons (Fsp3) is 0.333. The highest BCUT2D eigenvalue weighted by Gasteiger charge is 2.03. The minimum absolute atomic E-state index is 0.0382. The number of rotatable bonds is 6. The van der Waals surface area contributed by atoms with E-state index in [-0.39, 0.29) is 5.91 Å². The van der Waals surface area contributed by atoms with Crippen molar-refractivity contribution in [2.75, 3.05) is 13.1 Å². The van der Waals surface area contributed by atoms with Crippen LogP contribution >= 0.6 is 0 Å². The molecule has 1 amide bonds. The third kappa shape index (κ3) is 3.93. The summed E-state index contributed by atoms with van der Waals surface area (Å²) in [5, 5.41) is 6.13. The molecule has 0 spiro atoms. The summed E-state index contributed by atoms with van der Waals surface area (Å²) >= 11 is 0. The molecule has 20 heavy (non-hydrogen) atoms. The van der Waals surface area contributed by atoms with Gasteiger partial charge in [-0.3, -0.25) is 4.79 Å². The predicted molar refractivity (Wildman–Crippen MR) is 78.4 cm³/mol. The Kier molecular flexibility index (Phi) is 4.90. The van der Waals surface area contributed by atoms with E-state index in [9.17, 15) is 4.79 Å². The summed E-state index contributed by atoms with van der Waals surface area (Å²) in [6.07, 6.45) is 3.69. The Balaban J connectivity index is 1.67. The molecule has 1 aromatic heterocycles. The van der Waals surface area contributed by atoms with E-state index < -0.39 is 0 Å². The first-order valence-corrected chi connectivity index (χ1v) is 6.68. The lowest BCUT2D eigenvalue weighted by molar-refractivity contribution is 0.0954. The van der Waals surface area contributed by atoms with Gasteiger partial charge >= 0.3 is 0 Å². The van der Waals surface area contributed by atoms with Crippen molar-refractivity contribution in [1.29, 1.82) is 0 Å². The summed E-state index contributed by atoms with van der Waals surface area (Å²) in [7, 11) is 1.96. The van der Waals surface area contributed by atoms with Gasteiger partial charge in [-0.05, 0) is 19.1 Å². The highest BCUT2D eigenvalue weighted by Crippen LogP contribution is 2.02. The molecular formula is C15H20N4O. The van der Waals surface area contributed by atoms with Crippen molar-refractivity contribution < 1.29 is 4.79 Å². The topological polar surface area (TPSA) is 59.0 Å². The first-order chi connectivity index (χ1) is 9.66. The van der Waals surface area contributed by atoms with Crippen LogP contribution in [0.5, 0.6) is 0 Å². The van der Waals surface area contributed by atoms with E-state index in [0.29, 0.717) is 25.2 Å². The minimum Gasteiger partial charge on any atom is -0.351 e. The average molecular weight is 272 g/mol. The number of carbonyl (C=O) groups excluding carboxylic acids is 1. The molecule has 0 aliphatic rings. The third-order valence-electron chi connectivity index (χ3n) is 3.11. The monoisotopic (exact) mass is 272 g/mol. The van der Waals surface area contributed by atoms with Gasteiger partial charge in [0.25, 0.3) is 5.91 Å². The van der Waals surface area contributed by atoms with Crippen LogP contribution in [0, 0.1) is 6.92 Å². The Hall–Kier alpha value is -2.14. The normalized spacial score (nSPS) is 10.5. The summed E-state index contributed by atoms with van der Waals surface area (Å²) in [4.78, 5) is 16.1. The van der Waals surface area contributed by atoms with Crippen molar-refractivity contribution in [1.82, 2.24) is 20.2 Å². The molecule has 0 radical (unpaired) electrons. The molecule has 2 rings (SSSR count). The van der Waals surface area contributed by atoms with Crippen LogP contribution in [0.4, 0.5) is 0 Å². The third-order valence-corrected chi connectivity index (χ3v) is 3.11. The van der Waals surface area contributed by atoms with Crippen molar-refractivity contribution in [3.05, 3.63) is 53.6 Å². The van der Waals surface area contributed by atoms with Crippen molar-refractivity contribution in [3.8, 4) is 0 Å². The zero-order valence-electron chi connectivity index (χ0n) is 11.9. The van der Waals surface area contributed by atoms with E-state index in [1.807, 2.05) is 49.0 Å². The van der Waals surface area contributed by atoms with Gasteiger partial charge < -0.3 is 15.2 Å². The fourth-order valence-corrected chi connectivity index (χ4v) is 1.84. The first-order valence-electron chi connectivity index (χ1n) is 6.68. The number of imidazole rings is 1. The SMILES string of the molecule is Cc1ccc(C(=O)NCCNCc2nccn2C)cc1. The second kappa shape index (κ2) is 6.86. The van der Waals surface area contributed by atoms with Gasteiger partial charge in [-0.15, -0.1) is 0 Å². The molecule has 2 aromatic rings. The Morgan fingerprint density at radius 1 is 1.25 bits per heavy atom. The summed E-state index contributed by atoms with van der Waals surface area (Å²) < 4.78 is 1.97. The summed E-state index contributed by atoms with van der Waals surface area (Å²) in [6.45, 7) is 4.01. The zero-order valence-corrected chi connectivity index (χ0v) is 11.9. The Morgan fingerprint density at radius 2 is 2.00 bits per heavy atom. The van der Waals surface area contributed by atoms with Crippen LogP contribution in [0.1, 0.15) is 21.7 Å². The quantitative estimate of drug-likeness (QED) is 0.778. The molecule has 0 unspecified atom stereocenters. The van der Waals surface area contributed by atoms with E-state index in [1.165, 1.54) is 0 Å². The van der Waals surface area contributed by atoms with Crippen molar-refractivity contribution >= 4 is 5.91 Å². The molecule has 1 heterocycles. The van der Waals surface area contributed by atoms with E-state index in [4.69, 9.17) is 0 Å². The van der Waals surface area contributed by atoms with Gasteiger partial charge in [0.05, 0.1) is 6.54 Å². The Labute approximate surface area is 119 Å². The molecule has 5 heteroatoms. The number of nitrogens with zero attached hydrogens (tertiary/aromatic N) is 2. The maximum absolute atomic E-state index is 11.8. The van der Waals surface area contributed by atoms with Gasteiger partial charge in [0, 0.05) is 38.1 Å². The predicted octanol–water partition coefficient (Wildman–Crippen LogP) is 1.25. The number of carbonyl (C=O) groups is 1.